The smallest absolute Gasteiger partial charge is 0.271 e. The molecule has 0 bridgehead atoms. The zero-order valence-corrected chi connectivity index (χ0v) is 17.6. The fourth-order valence-electron chi connectivity index (χ4n) is 2.81. The second-order valence-corrected chi connectivity index (χ2v) is 7.66. The average Bonchev–Trinajstić information content (AvgIpc) is 3.33. The van der Waals surface area contributed by atoms with E-state index in [1.54, 1.807) is 25.3 Å². The van der Waals surface area contributed by atoms with Crippen molar-refractivity contribution >= 4 is 40.2 Å². The lowest BCUT2D eigenvalue weighted by molar-refractivity contribution is 0.0931. The predicted octanol–water partition coefficient (Wildman–Crippen LogP) is 1.95. The number of ether oxygens (including phenoxy) is 1. The van der Waals surface area contributed by atoms with E-state index >= 15 is 0 Å². The van der Waals surface area contributed by atoms with Crippen LogP contribution in [0.4, 0.5) is 11.6 Å². The molecule has 11 nitrogen and oxygen atoms in total. The van der Waals surface area contributed by atoms with Gasteiger partial charge in [-0.1, -0.05) is 0 Å². The lowest BCUT2D eigenvalue weighted by Gasteiger charge is -2.09. The summed E-state index contributed by atoms with van der Waals surface area (Å²) in [6.45, 7) is 2.64. The lowest BCUT2D eigenvalue weighted by Crippen LogP contribution is -2.28. The van der Waals surface area contributed by atoms with E-state index in [1.807, 2.05) is 19.1 Å². The van der Waals surface area contributed by atoms with Crippen molar-refractivity contribution in [1.82, 2.24) is 35.7 Å². The van der Waals surface area contributed by atoms with Gasteiger partial charge in [0.25, 0.3) is 11.5 Å². The van der Waals surface area contributed by atoms with Crippen LogP contribution >= 0.6 is 11.8 Å². The normalized spacial score (nSPS) is 11.0. The van der Waals surface area contributed by atoms with Gasteiger partial charge < -0.3 is 15.4 Å². The molecule has 160 valence electrons. The van der Waals surface area contributed by atoms with Crippen LogP contribution in [-0.2, 0) is 4.74 Å². The van der Waals surface area contributed by atoms with E-state index in [1.165, 1.54) is 11.8 Å². The van der Waals surface area contributed by atoms with Crippen molar-refractivity contribution < 1.29 is 9.53 Å². The van der Waals surface area contributed by atoms with Crippen LogP contribution < -0.4 is 16.2 Å². The van der Waals surface area contributed by atoms with Crippen LogP contribution in [0.5, 0.6) is 0 Å². The van der Waals surface area contributed by atoms with Crippen LogP contribution in [0.3, 0.4) is 0 Å². The molecule has 4 aromatic rings. The van der Waals surface area contributed by atoms with Gasteiger partial charge in [-0.15, -0.1) is 0 Å². The van der Waals surface area contributed by atoms with Crippen molar-refractivity contribution in [1.29, 1.82) is 0 Å². The van der Waals surface area contributed by atoms with Gasteiger partial charge in [0.05, 0.1) is 17.5 Å². The summed E-state index contributed by atoms with van der Waals surface area (Å²) < 4.78 is 4.97. The molecule has 5 N–H and O–H groups in total. The number of nitrogens with zero attached hydrogens (tertiary/aromatic N) is 3. The molecule has 0 saturated heterocycles. The van der Waals surface area contributed by atoms with Crippen molar-refractivity contribution in [3.63, 3.8) is 0 Å². The number of aryl methyl sites for hydroxylation is 1. The molecule has 0 spiro atoms. The molecule has 12 heteroatoms. The molecule has 0 radical (unpaired) electrons. The highest BCUT2D eigenvalue weighted by molar-refractivity contribution is 7.99. The molecule has 0 saturated carbocycles. The van der Waals surface area contributed by atoms with Crippen LogP contribution in [0.15, 0.2) is 45.2 Å². The largest absolute Gasteiger partial charge is 0.383 e. The number of carbonyl (C=O) groups excluding carboxylic acids is 1. The van der Waals surface area contributed by atoms with Crippen molar-refractivity contribution in [3.05, 3.63) is 52.1 Å². The maximum Gasteiger partial charge on any atom is 0.271 e. The number of hydrogen-bond donors (Lipinski definition) is 5. The predicted molar refractivity (Wildman–Crippen MR) is 116 cm³/mol. The molecule has 0 aliphatic carbocycles. The lowest BCUT2D eigenvalue weighted by atomic mass is 10.2. The molecule has 0 atom stereocenters. The molecule has 0 aliphatic heterocycles. The molecular weight excluding hydrogens is 420 g/mol. The summed E-state index contributed by atoms with van der Waals surface area (Å²) in [5.74, 6) is 0.661. The summed E-state index contributed by atoms with van der Waals surface area (Å²) in [5, 5.41) is 19.1. The van der Waals surface area contributed by atoms with E-state index in [-0.39, 0.29) is 17.2 Å². The first-order chi connectivity index (χ1) is 15.0. The third-order valence-electron chi connectivity index (χ3n) is 4.25. The van der Waals surface area contributed by atoms with E-state index in [9.17, 15) is 9.59 Å². The Hall–Kier alpha value is -3.64. The molecule has 31 heavy (non-hydrogen) atoms. The minimum Gasteiger partial charge on any atom is -0.383 e. The Morgan fingerprint density at radius 1 is 1.16 bits per heavy atom. The average molecular weight is 440 g/mol. The number of anilines is 2. The quantitative estimate of drug-likeness (QED) is 0.206. The SMILES string of the molecule is COCCNC(=O)c1cc(Nc2cc(C)[nH]n2)nc(Sc2ccc3c(=O)[nH][nH]c3c2)n1. The van der Waals surface area contributed by atoms with Gasteiger partial charge in [0.2, 0.25) is 0 Å². The second-order valence-electron chi connectivity index (χ2n) is 6.62. The highest BCUT2D eigenvalue weighted by atomic mass is 32.2. The van der Waals surface area contributed by atoms with Crippen molar-refractivity contribution in [2.45, 2.75) is 17.0 Å². The molecule has 4 rings (SSSR count). The maximum atomic E-state index is 12.6. The zero-order valence-electron chi connectivity index (χ0n) is 16.8. The van der Waals surface area contributed by atoms with Crippen molar-refractivity contribution in [3.8, 4) is 0 Å². The van der Waals surface area contributed by atoms with Crippen LogP contribution in [0.2, 0.25) is 0 Å². The standard InChI is InChI=1S/C19H20N8O3S/c1-10-7-16(26-24-10)22-15-9-14(18(29)20-5-6-30-2)21-19(23-15)31-11-3-4-12-13(8-11)25-27-17(12)28/h3-4,7-9H,5-6H2,1-2H3,(H,20,29)(H2,25,27,28)(H2,21,22,23,24,26). The van der Waals surface area contributed by atoms with E-state index in [4.69, 9.17) is 4.74 Å². The van der Waals surface area contributed by atoms with E-state index in [0.29, 0.717) is 40.8 Å². The van der Waals surface area contributed by atoms with Crippen molar-refractivity contribution in [2.24, 2.45) is 0 Å². The third-order valence-corrected chi connectivity index (χ3v) is 5.10. The topological polar surface area (TPSA) is 153 Å². The summed E-state index contributed by atoms with van der Waals surface area (Å²) >= 11 is 1.27. The van der Waals surface area contributed by atoms with Gasteiger partial charge in [0, 0.05) is 36.4 Å². The molecule has 0 aliphatic rings. The summed E-state index contributed by atoms with van der Waals surface area (Å²) in [7, 11) is 1.56. The number of aromatic nitrogens is 6. The van der Waals surface area contributed by atoms with Crippen LogP contribution in [-0.4, -0.2) is 56.5 Å². The van der Waals surface area contributed by atoms with Crippen LogP contribution in [0.25, 0.3) is 10.9 Å². The highest BCUT2D eigenvalue weighted by Crippen LogP contribution is 2.28. The Bertz CT molecular complexity index is 1280. The Labute approximate surface area is 180 Å². The molecule has 1 aromatic carbocycles. The molecule has 0 fully saturated rings. The van der Waals surface area contributed by atoms with E-state index in [2.05, 4.69) is 41.0 Å². The van der Waals surface area contributed by atoms with E-state index < -0.39 is 0 Å². The van der Waals surface area contributed by atoms with Gasteiger partial charge in [-0.3, -0.25) is 24.9 Å². The number of rotatable bonds is 8. The maximum absolute atomic E-state index is 12.6. The minimum absolute atomic E-state index is 0.182. The third kappa shape index (κ3) is 4.92. The zero-order chi connectivity index (χ0) is 21.8. The molecule has 1 amide bonds. The van der Waals surface area contributed by atoms with Gasteiger partial charge >= 0.3 is 0 Å². The first kappa shape index (κ1) is 20.6. The molecular formula is C19H20N8O3S. The number of amides is 1. The summed E-state index contributed by atoms with van der Waals surface area (Å²) in [4.78, 5) is 34.0. The molecule has 0 unspecified atom stereocenters. The number of hydrogen-bond acceptors (Lipinski definition) is 8. The van der Waals surface area contributed by atoms with Crippen LogP contribution in [0, 0.1) is 6.92 Å². The summed E-state index contributed by atoms with van der Waals surface area (Å²) in [5.41, 5.74) is 1.59. The summed E-state index contributed by atoms with van der Waals surface area (Å²) in [6, 6.07) is 8.72. The Morgan fingerprint density at radius 3 is 2.81 bits per heavy atom. The monoisotopic (exact) mass is 440 g/mol. The van der Waals surface area contributed by atoms with Gasteiger partial charge in [-0.25, -0.2) is 9.97 Å². The first-order valence-electron chi connectivity index (χ1n) is 9.35. The Morgan fingerprint density at radius 2 is 2.03 bits per heavy atom. The van der Waals surface area contributed by atoms with Gasteiger partial charge in [-0.05, 0) is 36.9 Å². The Balaban J connectivity index is 1.63. The molecule has 3 aromatic heterocycles. The van der Waals surface area contributed by atoms with Gasteiger partial charge in [0.1, 0.15) is 11.5 Å². The second kappa shape index (κ2) is 9.02. The number of carbonyl (C=O) groups is 1. The number of fused-ring (bicyclic) bond motifs is 1. The highest BCUT2D eigenvalue weighted by Gasteiger charge is 2.14. The number of benzene rings is 1. The Kier molecular flexibility index (Phi) is 6.00. The van der Waals surface area contributed by atoms with Crippen molar-refractivity contribution in [2.75, 3.05) is 25.6 Å². The molecule has 3 heterocycles. The summed E-state index contributed by atoms with van der Waals surface area (Å²) in [6.07, 6.45) is 0. The van der Waals surface area contributed by atoms with Gasteiger partial charge in [-0.2, -0.15) is 5.10 Å². The van der Waals surface area contributed by atoms with Crippen LogP contribution in [0.1, 0.15) is 16.2 Å². The van der Waals surface area contributed by atoms with E-state index in [0.717, 1.165) is 10.6 Å². The van der Waals surface area contributed by atoms with Gasteiger partial charge in [0.15, 0.2) is 11.0 Å². The fourth-order valence-corrected chi connectivity index (χ4v) is 3.62. The number of aromatic amines is 3. The number of methoxy groups -OCH3 is 1. The minimum atomic E-state index is -0.340. The number of nitrogens with one attached hydrogen (secondary N) is 5. The first-order valence-corrected chi connectivity index (χ1v) is 10.2. The fraction of sp³-hybridized carbons (Fsp3) is 0.211. The number of H-pyrrole nitrogens is 3.